The molecule has 0 aromatic heterocycles. The lowest BCUT2D eigenvalue weighted by atomic mass is 10.2. The van der Waals surface area contributed by atoms with E-state index in [1.807, 2.05) is 0 Å². The molecule has 0 aliphatic rings. The van der Waals surface area contributed by atoms with Crippen molar-refractivity contribution < 1.29 is 37.8 Å². The molecular weight excluding hydrogens is 297 g/mol. The zero-order valence-electron chi connectivity index (χ0n) is 10.2. The van der Waals surface area contributed by atoms with Gasteiger partial charge in [0.1, 0.15) is 11.9 Å². The second-order valence-corrected chi connectivity index (χ2v) is 3.84. The number of hydrogen-bond acceptors (Lipinski definition) is 3. The van der Waals surface area contributed by atoms with Gasteiger partial charge in [0.05, 0.1) is 12.1 Å². The number of amides is 2. The quantitative estimate of drug-likeness (QED) is 0.609. The van der Waals surface area contributed by atoms with Crippen LogP contribution in [0.3, 0.4) is 0 Å². The van der Waals surface area contributed by atoms with Crippen LogP contribution >= 0.6 is 0 Å². The van der Waals surface area contributed by atoms with Crippen LogP contribution in [0.5, 0.6) is 0 Å². The molecule has 7 nitrogen and oxygen atoms in total. The molecule has 0 aliphatic heterocycles. The van der Waals surface area contributed by atoms with E-state index >= 15 is 0 Å². The molecule has 1 atom stereocenters. The fraction of sp³-hybridized carbons (Fsp3) is 0.182. The van der Waals surface area contributed by atoms with E-state index in [0.29, 0.717) is 6.07 Å². The zero-order chi connectivity index (χ0) is 16.2. The summed E-state index contributed by atoms with van der Waals surface area (Å²) in [6.45, 7) is 0. The van der Waals surface area contributed by atoms with E-state index in [1.54, 1.807) is 10.6 Å². The van der Waals surface area contributed by atoms with Crippen LogP contribution in [0.4, 0.5) is 23.7 Å². The van der Waals surface area contributed by atoms with Gasteiger partial charge in [0.2, 0.25) is 0 Å². The van der Waals surface area contributed by atoms with Crippen molar-refractivity contribution in [2.24, 2.45) is 0 Å². The molecule has 0 unspecified atom stereocenters. The first-order chi connectivity index (χ1) is 9.70. The van der Waals surface area contributed by atoms with E-state index in [0.717, 1.165) is 0 Å². The molecule has 0 saturated carbocycles. The third-order valence-electron chi connectivity index (χ3n) is 2.22. The molecular formula is C11H9F3N2O5. The summed E-state index contributed by atoms with van der Waals surface area (Å²) in [5.41, 5.74) is -0.857. The number of carboxylic acids is 2. The SMILES string of the molecule is O=C(O)C[C@@H](NC(=O)Nc1cc(F)cc(F)c1F)C(=O)O. The number of carboxylic acid groups (broad SMARTS) is 2. The highest BCUT2D eigenvalue weighted by molar-refractivity contribution is 5.93. The molecule has 0 heterocycles. The van der Waals surface area contributed by atoms with Gasteiger partial charge in [-0.3, -0.25) is 4.79 Å². The van der Waals surface area contributed by atoms with Gasteiger partial charge in [-0.05, 0) is 0 Å². The molecule has 114 valence electrons. The van der Waals surface area contributed by atoms with Gasteiger partial charge >= 0.3 is 18.0 Å². The van der Waals surface area contributed by atoms with Gasteiger partial charge < -0.3 is 20.8 Å². The number of rotatable bonds is 5. The van der Waals surface area contributed by atoms with Gasteiger partial charge in [-0.15, -0.1) is 0 Å². The summed E-state index contributed by atoms with van der Waals surface area (Å²) in [5, 5.41) is 20.5. The molecule has 4 N–H and O–H groups in total. The Hall–Kier alpha value is -2.78. The maximum absolute atomic E-state index is 13.3. The van der Waals surface area contributed by atoms with Crippen LogP contribution < -0.4 is 10.6 Å². The Morgan fingerprint density at radius 2 is 1.76 bits per heavy atom. The molecule has 0 aliphatic carbocycles. The Balaban J connectivity index is 2.81. The second kappa shape index (κ2) is 6.59. The summed E-state index contributed by atoms with van der Waals surface area (Å²) in [6.07, 6.45) is -0.928. The summed E-state index contributed by atoms with van der Waals surface area (Å²) in [5.74, 6) is -7.39. The molecule has 1 aromatic rings. The lowest BCUT2D eigenvalue weighted by molar-refractivity contribution is -0.145. The number of aliphatic carboxylic acids is 2. The number of carbonyl (C=O) groups excluding carboxylic acids is 1. The summed E-state index contributed by atoms with van der Waals surface area (Å²) < 4.78 is 39.0. The number of anilines is 1. The molecule has 2 amide bonds. The van der Waals surface area contributed by atoms with Crippen molar-refractivity contribution in [1.82, 2.24) is 5.32 Å². The molecule has 0 spiro atoms. The van der Waals surface area contributed by atoms with Crippen molar-refractivity contribution in [3.05, 3.63) is 29.6 Å². The Labute approximate surface area is 115 Å². The fourth-order valence-corrected chi connectivity index (χ4v) is 1.34. The van der Waals surface area contributed by atoms with Crippen molar-refractivity contribution in [3.8, 4) is 0 Å². The normalized spacial score (nSPS) is 11.6. The lowest BCUT2D eigenvalue weighted by Gasteiger charge is -2.13. The number of benzene rings is 1. The third kappa shape index (κ3) is 4.67. The highest BCUT2D eigenvalue weighted by Crippen LogP contribution is 2.18. The van der Waals surface area contributed by atoms with E-state index in [1.165, 1.54) is 0 Å². The topological polar surface area (TPSA) is 116 Å². The first-order valence-corrected chi connectivity index (χ1v) is 5.37. The van der Waals surface area contributed by atoms with Crippen molar-refractivity contribution in [1.29, 1.82) is 0 Å². The second-order valence-electron chi connectivity index (χ2n) is 3.84. The summed E-state index contributed by atoms with van der Waals surface area (Å²) in [4.78, 5) is 32.5. The van der Waals surface area contributed by atoms with Gasteiger partial charge in [-0.25, -0.2) is 22.8 Å². The monoisotopic (exact) mass is 306 g/mol. The van der Waals surface area contributed by atoms with Crippen LogP contribution in [-0.4, -0.2) is 34.2 Å². The van der Waals surface area contributed by atoms with Crippen molar-refractivity contribution in [3.63, 3.8) is 0 Å². The molecule has 0 fully saturated rings. The van der Waals surface area contributed by atoms with E-state index in [4.69, 9.17) is 10.2 Å². The zero-order valence-corrected chi connectivity index (χ0v) is 10.2. The van der Waals surface area contributed by atoms with Gasteiger partial charge in [-0.2, -0.15) is 0 Å². The maximum Gasteiger partial charge on any atom is 0.326 e. The van der Waals surface area contributed by atoms with E-state index in [-0.39, 0.29) is 6.07 Å². The largest absolute Gasteiger partial charge is 0.481 e. The predicted molar refractivity (Wildman–Crippen MR) is 62.1 cm³/mol. The molecule has 21 heavy (non-hydrogen) atoms. The average Bonchev–Trinajstić information content (AvgIpc) is 2.33. The van der Waals surface area contributed by atoms with Crippen LogP contribution in [0.1, 0.15) is 6.42 Å². The smallest absolute Gasteiger partial charge is 0.326 e. The standard InChI is InChI=1S/C11H9F3N2O5/c12-4-1-5(13)9(14)6(2-4)15-11(21)16-7(10(19)20)3-8(17)18/h1-2,7H,3H2,(H,17,18)(H,19,20)(H2,15,16,21)/t7-/m1/s1. The van der Waals surface area contributed by atoms with Gasteiger partial charge in [-0.1, -0.05) is 0 Å². The van der Waals surface area contributed by atoms with Crippen LogP contribution in [0.25, 0.3) is 0 Å². The summed E-state index contributed by atoms with van der Waals surface area (Å²) in [7, 11) is 0. The summed E-state index contributed by atoms with van der Waals surface area (Å²) in [6, 6.07) is -2.38. The Bertz CT molecular complexity index is 593. The summed E-state index contributed by atoms with van der Waals surface area (Å²) >= 11 is 0. The van der Waals surface area contributed by atoms with Gasteiger partial charge in [0.15, 0.2) is 11.6 Å². The van der Waals surface area contributed by atoms with Crippen LogP contribution in [-0.2, 0) is 9.59 Å². The third-order valence-corrected chi connectivity index (χ3v) is 2.22. The molecule has 0 radical (unpaired) electrons. The van der Waals surface area contributed by atoms with Crippen molar-refractivity contribution in [2.75, 3.05) is 5.32 Å². The molecule has 1 aromatic carbocycles. The van der Waals surface area contributed by atoms with Gasteiger partial charge in [0, 0.05) is 12.1 Å². The number of halogens is 3. The first kappa shape index (κ1) is 16.3. The first-order valence-electron chi connectivity index (χ1n) is 5.37. The number of urea groups is 1. The maximum atomic E-state index is 13.3. The Kier molecular flexibility index (Phi) is 5.11. The van der Waals surface area contributed by atoms with E-state index < -0.39 is 53.6 Å². The highest BCUT2D eigenvalue weighted by Gasteiger charge is 2.23. The fourth-order valence-electron chi connectivity index (χ4n) is 1.34. The van der Waals surface area contributed by atoms with E-state index in [9.17, 15) is 27.6 Å². The lowest BCUT2D eigenvalue weighted by Crippen LogP contribution is -2.44. The van der Waals surface area contributed by atoms with Crippen LogP contribution in [0.15, 0.2) is 12.1 Å². The number of hydrogen-bond donors (Lipinski definition) is 4. The molecule has 0 saturated heterocycles. The minimum atomic E-state index is -1.79. The van der Waals surface area contributed by atoms with Crippen molar-refractivity contribution in [2.45, 2.75) is 12.5 Å². The molecule has 10 heteroatoms. The van der Waals surface area contributed by atoms with E-state index in [2.05, 4.69) is 0 Å². The van der Waals surface area contributed by atoms with Crippen LogP contribution in [0, 0.1) is 17.5 Å². The molecule has 1 rings (SSSR count). The Morgan fingerprint density at radius 1 is 1.14 bits per heavy atom. The molecule has 0 bridgehead atoms. The predicted octanol–water partition coefficient (Wildman–Crippen LogP) is 1.15. The number of nitrogens with one attached hydrogen (secondary N) is 2. The number of carbonyl (C=O) groups is 3. The van der Waals surface area contributed by atoms with Gasteiger partial charge in [0.25, 0.3) is 0 Å². The minimum Gasteiger partial charge on any atom is -0.481 e. The highest BCUT2D eigenvalue weighted by atomic mass is 19.2. The average molecular weight is 306 g/mol. The Morgan fingerprint density at radius 3 is 2.29 bits per heavy atom. The van der Waals surface area contributed by atoms with Crippen molar-refractivity contribution >= 4 is 23.7 Å². The van der Waals surface area contributed by atoms with Crippen LogP contribution in [0.2, 0.25) is 0 Å². The minimum absolute atomic E-state index is 0.253.